The molecule has 0 bridgehead atoms. The number of carbonyl (C=O) groups is 1. The number of anilines is 2. The van der Waals surface area contributed by atoms with Gasteiger partial charge in [-0.1, -0.05) is 12.1 Å². The molecule has 1 heterocycles. The summed E-state index contributed by atoms with van der Waals surface area (Å²) in [6.45, 7) is -0.0226. The minimum Gasteiger partial charge on any atom is -0.392 e. The second-order valence-electron chi connectivity index (χ2n) is 3.85. The van der Waals surface area contributed by atoms with Crippen molar-refractivity contribution in [2.24, 2.45) is 0 Å². The summed E-state index contributed by atoms with van der Waals surface area (Å²) in [4.78, 5) is 19.9. The molecule has 98 valence electrons. The van der Waals surface area contributed by atoms with Gasteiger partial charge >= 0.3 is 0 Å². The minimum absolute atomic E-state index is 0.0226. The van der Waals surface area contributed by atoms with Crippen LogP contribution in [0.4, 0.5) is 11.5 Å². The molecular formula is C13H14N4O2. The molecule has 0 aliphatic rings. The molecule has 0 aliphatic heterocycles. The predicted octanol–water partition coefficient (Wildman–Crippen LogP) is 1.26. The molecule has 2 rings (SSSR count). The zero-order valence-corrected chi connectivity index (χ0v) is 10.4. The van der Waals surface area contributed by atoms with Gasteiger partial charge in [0, 0.05) is 12.7 Å². The van der Waals surface area contributed by atoms with Gasteiger partial charge in [0.05, 0.1) is 19.0 Å². The fraction of sp³-hybridized carbons (Fsp3) is 0.154. The van der Waals surface area contributed by atoms with Gasteiger partial charge in [-0.05, 0) is 17.7 Å². The first-order valence-electron chi connectivity index (χ1n) is 5.74. The largest absolute Gasteiger partial charge is 0.392 e. The van der Waals surface area contributed by atoms with Crippen LogP contribution in [0.25, 0.3) is 0 Å². The molecule has 3 N–H and O–H groups in total. The molecule has 1 amide bonds. The number of benzene rings is 1. The van der Waals surface area contributed by atoms with E-state index in [-0.39, 0.29) is 18.2 Å². The lowest BCUT2D eigenvalue weighted by Gasteiger charge is -2.05. The minimum atomic E-state index is -0.327. The van der Waals surface area contributed by atoms with Crippen molar-refractivity contribution in [3.8, 4) is 0 Å². The van der Waals surface area contributed by atoms with Crippen LogP contribution in [0.15, 0.2) is 36.7 Å². The van der Waals surface area contributed by atoms with Crippen LogP contribution in [-0.2, 0) is 6.61 Å². The van der Waals surface area contributed by atoms with Crippen LogP contribution in [0.1, 0.15) is 16.1 Å². The number of nitrogens with zero attached hydrogens (tertiary/aromatic N) is 2. The van der Waals surface area contributed by atoms with Crippen molar-refractivity contribution in [3.63, 3.8) is 0 Å². The topological polar surface area (TPSA) is 87.1 Å². The van der Waals surface area contributed by atoms with Crippen molar-refractivity contribution in [3.05, 3.63) is 47.9 Å². The Morgan fingerprint density at radius 3 is 2.47 bits per heavy atom. The average Bonchev–Trinajstić information content (AvgIpc) is 2.48. The molecule has 0 fully saturated rings. The standard InChI is InChI=1S/C13H14N4O2/c1-14-12-7-15-11(6-16-12)13(19)17-10-4-2-9(8-18)3-5-10/h2-7,18H,8H2,1H3,(H,14,16)(H,17,19). The van der Waals surface area contributed by atoms with Gasteiger partial charge in [0.25, 0.3) is 5.91 Å². The van der Waals surface area contributed by atoms with Crippen LogP contribution >= 0.6 is 0 Å². The first kappa shape index (κ1) is 13.0. The number of hydrogen-bond acceptors (Lipinski definition) is 5. The van der Waals surface area contributed by atoms with Gasteiger partial charge in [0.15, 0.2) is 0 Å². The van der Waals surface area contributed by atoms with Crippen molar-refractivity contribution in [1.29, 1.82) is 0 Å². The van der Waals surface area contributed by atoms with Crippen LogP contribution < -0.4 is 10.6 Å². The van der Waals surface area contributed by atoms with E-state index >= 15 is 0 Å². The maximum absolute atomic E-state index is 11.9. The van der Waals surface area contributed by atoms with E-state index in [1.807, 2.05) is 0 Å². The zero-order valence-electron chi connectivity index (χ0n) is 10.4. The third-order valence-corrected chi connectivity index (χ3v) is 2.53. The lowest BCUT2D eigenvalue weighted by molar-refractivity contribution is 0.102. The SMILES string of the molecule is CNc1cnc(C(=O)Nc2ccc(CO)cc2)cn1. The van der Waals surface area contributed by atoms with Crippen molar-refractivity contribution in [2.75, 3.05) is 17.7 Å². The molecule has 1 aromatic carbocycles. The quantitative estimate of drug-likeness (QED) is 0.768. The number of hydrogen-bond donors (Lipinski definition) is 3. The van der Waals surface area contributed by atoms with Crippen molar-refractivity contribution in [1.82, 2.24) is 9.97 Å². The number of rotatable bonds is 4. The summed E-state index contributed by atoms with van der Waals surface area (Å²) in [6.07, 6.45) is 2.90. The van der Waals surface area contributed by atoms with E-state index in [9.17, 15) is 4.79 Å². The highest BCUT2D eigenvalue weighted by molar-refractivity contribution is 6.02. The van der Waals surface area contributed by atoms with Crippen LogP contribution in [0.5, 0.6) is 0 Å². The van der Waals surface area contributed by atoms with E-state index in [0.29, 0.717) is 11.5 Å². The van der Waals surface area contributed by atoms with E-state index in [0.717, 1.165) is 5.56 Å². The van der Waals surface area contributed by atoms with Gasteiger partial charge in [-0.15, -0.1) is 0 Å². The highest BCUT2D eigenvalue weighted by atomic mass is 16.3. The van der Waals surface area contributed by atoms with Crippen LogP contribution in [0.3, 0.4) is 0 Å². The predicted molar refractivity (Wildman–Crippen MR) is 71.9 cm³/mol. The van der Waals surface area contributed by atoms with E-state index < -0.39 is 0 Å². The van der Waals surface area contributed by atoms with Crippen LogP contribution in [0, 0.1) is 0 Å². The van der Waals surface area contributed by atoms with Crippen LogP contribution in [0.2, 0.25) is 0 Å². The monoisotopic (exact) mass is 258 g/mol. The van der Waals surface area contributed by atoms with Gasteiger partial charge in [-0.2, -0.15) is 0 Å². The van der Waals surface area contributed by atoms with Crippen molar-refractivity contribution >= 4 is 17.4 Å². The van der Waals surface area contributed by atoms with Gasteiger partial charge in [0.2, 0.25) is 0 Å². The second-order valence-corrected chi connectivity index (χ2v) is 3.85. The normalized spacial score (nSPS) is 10.0. The molecule has 0 saturated carbocycles. The maximum Gasteiger partial charge on any atom is 0.275 e. The van der Waals surface area contributed by atoms with Gasteiger partial charge in [0.1, 0.15) is 11.5 Å². The summed E-state index contributed by atoms with van der Waals surface area (Å²) in [7, 11) is 1.73. The molecular weight excluding hydrogens is 244 g/mol. The van der Waals surface area contributed by atoms with Crippen LogP contribution in [-0.4, -0.2) is 28.0 Å². The summed E-state index contributed by atoms with van der Waals surface area (Å²) < 4.78 is 0. The molecule has 2 aromatic rings. The first-order chi connectivity index (χ1) is 9.22. The Morgan fingerprint density at radius 2 is 1.95 bits per heavy atom. The van der Waals surface area contributed by atoms with E-state index in [1.165, 1.54) is 12.4 Å². The molecule has 6 heteroatoms. The Morgan fingerprint density at radius 1 is 1.21 bits per heavy atom. The lowest BCUT2D eigenvalue weighted by atomic mass is 10.2. The summed E-state index contributed by atoms with van der Waals surface area (Å²) in [5.74, 6) is 0.274. The van der Waals surface area contributed by atoms with Gasteiger partial charge in [-0.3, -0.25) is 4.79 Å². The molecule has 0 radical (unpaired) electrons. The lowest BCUT2D eigenvalue weighted by Crippen LogP contribution is -2.14. The number of amides is 1. The fourth-order valence-electron chi connectivity index (χ4n) is 1.46. The summed E-state index contributed by atoms with van der Waals surface area (Å²) in [5.41, 5.74) is 1.67. The number of aliphatic hydroxyl groups excluding tert-OH is 1. The van der Waals surface area contributed by atoms with Gasteiger partial charge < -0.3 is 15.7 Å². The summed E-state index contributed by atoms with van der Waals surface area (Å²) in [5, 5.41) is 14.5. The fourth-order valence-corrected chi connectivity index (χ4v) is 1.46. The van der Waals surface area contributed by atoms with Crippen molar-refractivity contribution in [2.45, 2.75) is 6.61 Å². The highest BCUT2D eigenvalue weighted by Gasteiger charge is 2.08. The molecule has 0 saturated heterocycles. The first-order valence-corrected chi connectivity index (χ1v) is 5.74. The van der Waals surface area contributed by atoms with Crippen molar-refractivity contribution < 1.29 is 9.90 Å². The zero-order chi connectivity index (χ0) is 13.7. The number of aromatic nitrogens is 2. The Labute approximate surface area is 110 Å². The summed E-state index contributed by atoms with van der Waals surface area (Å²) in [6, 6.07) is 6.93. The maximum atomic E-state index is 11.9. The number of nitrogens with one attached hydrogen (secondary N) is 2. The molecule has 1 aromatic heterocycles. The Hall–Kier alpha value is -2.47. The number of aliphatic hydroxyl groups is 1. The summed E-state index contributed by atoms with van der Waals surface area (Å²) >= 11 is 0. The Bertz CT molecular complexity index is 552. The third kappa shape index (κ3) is 3.26. The average molecular weight is 258 g/mol. The second kappa shape index (κ2) is 5.92. The molecule has 0 spiro atoms. The Kier molecular flexibility index (Phi) is 4.04. The van der Waals surface area contributed by atoms with Gasteiger partial charge in [-0.25, -0.2) is 9.97 Å². The molecule has 0 aliphatic carbocycles. The third-order valence-electron chi connectivity index (χ3n) is 2.53. The van der Waals surface area contributed by atoms with E-state index in [4.69, 9.17) is 5.11 Å². The highest BCUT2D eigenvalue weighted by Crippen LogP contribution is 2.11. The molecule has 19 heavy (non-hydrogen) atoms. The van der Waals surface area contributed by atoms with E-state index in [2.05, 4.69) is 20.6 Å². The number of carbonyl (C=O) groups excluding carboxylic acids is 1. The molecule has 0 unspecified atom stereocenters. The molecule has 6 nitrogen and oxygen atoms in total. The smallest absolute Gasteiger partial charge is 0.275 e. The van der Waals surface area contributed by atoms with E-state index in [1.54, 1.807) is 31.3 Å². The molecule has 0 atom stereocenters. The Balaban J connectivity index is 2.06.